The Morgan fingerprint density at radius 1 is 1.35 bits per heavy atom. The lowest BCUT2D eigenvalue weighted by Crippen LogP contribution is -2.47. The average Bonchev–Trinajstić information content (AvgIpc) is 3.07. The Balaban J connectivity index is 1.43. The second-order valence-electron chi connectivity index (χ2n) is 6.53. The summed E-state index contributed by atoms with van der Waals surface area (Å²) >= 11 is 0. The van der Waals surface area contributed by atoms with Crippen molar-refractivity contribution in [3.05, 3.63) is 47.5 Å². The van der Waals surface area contributed by atoms with E-state index >= 15 is 0 Å². The lowest BCUT2D eigenvalue weighted by Gasteiger charge is -2.25. The summed E-state index contributed by atoms with van der Waals surface area (Å²) in [6.07, 6.45) is 4.08. The molecule has 1 aliphatic rings. The van der Waals surface area contributed by atoms with Crippen LogP contribution in [0, 0.1) is 0 Å². The van der Waals surface area contributed by atoms with Crippen LogP contribution >= 0.6 is 0 Å². The fraction of sp³-hybridized carbons (Fsp3) is 0.526. The van der Waals surface area contributed by atoms with Gasteiger partial charge in [0.1, 0.15) is 12.4 Å². The molecule has 1 atom stereocenters. The number of ether oxygens (including phenoxy) is 1. The minimum Gasteiger partial charge on any atom is -0.377 e. The van der Waals surface area contributed by atoms with E-state index in [1.165, 1.54) is 5.56 Å². The third-order valence-corrected chi connectivity index (χ3v) is 4.52. The van der Waals surface area contributed by atoms with Crippen molar-refractivity contribution in [3.8, 4) is 0 Å². The van der Waals surface area contributed by atoms with Crippen LogP contribution in [-0.2, 0) is 30.7 Å². The van der Waals surface area contributed by atoms with Gasteiger partial charge in [0.2, 0.25) is 0 Å². The van der Waals surface area contributed by atoms with Gasteiger partial charge in [-0.05, 0) is 24.8 Å². The minimum atomic E-state index is 0.305. The topological polar surface area (TPSA) is 76.4 Å². The molecule has 2 N–H and O–H groups in total. The van der Waals surface area contributed by atoms with Gasteiger partial charge < -0.3 is 15.4 Å². The second kappa shape index (κ2) is 9.33. The number of rotatable bonds is 7. The summed E-state index contributed by atoms with van der Waals surface area (Å²) < 4.78 is 7.10. The lowest BCUT2D eigenvalue weighted by atomic mass is 10.1. The molecule has 0 saturated heterocycles. The van der Waals surface area contributed by atoms with Crippen LogP contribution in [0.25, 0.3) is 0 Å². The molecule has 3 rings (SSSR count). The maximum Gasteiger partial charge on any atom is 0.191 e. The molecular formula is C19H28N6O. The molecule has 26 heavy (non-hydrogen) atoms. The number of aryl methyl sites for hydroxylation is 2. The van der Waals surface area contributed by atoms with E-state index in [4.69, 9.17) is 4.74 Å². The maximum atomic E-state index is 5.12. The Morgan fingerprint density at radius 3 is 2.96 bits per heavy atom. The van der Waals surface area contributed by atoms with Gasteiger partial charge in [-0.2, -0.15) is 5.10 Å². The van der Waals surface area contributed by atoms with Gasteiger partial charge in [0, 0.05) is 33.2 Å². The Morgan fingerprint density at radius 2 is 2.19 bits per heavy atom. The molecule has 0 amide bonds. The van der Waals surface area contributed by atoms with Crippen molar-refractivity contribution in [2.75, 3.05) is 20.7 Å². The average molecular weight is 356 g/mol. The van der Waals surface area contributed by atoms with Crippen LogP contribution in [0.1, 0.15) is 30.1 Å². The van der Waals surface area contributed by atoms with Crippen LogP contribution in [0.15, 0.2) is 35.3 Å². The number of hydrogen-bond acceptors (Lipinski definition) is 4. The molecule has 2 heterocycles. The van der Waals surface area contributed by atoms with E-state index in [-0.39, 0.29) is 0 Å². The number of hydrogen-bond donors (Lipinski definition) is 2. The summed E-state index contributed by atoms with van der Waals surface area (Å²) in [7, 11) is 3.48. The molecule has 1 aromatic carbocycles. The number of aliphatic imine (C=N–C) groups is 1. The van der Waals surface area contributed by atoms with E-state index in [1.54, 1.807) is 7.11 Å². The molecule has 0 saturated carbocycles. The van der Waals surface area contributed by atoms with Crippen LogP contribution in [0.2, 0.25) is 0 Å². The van der Waals surface area contributed by atoms with Crippen LogP contribution in [0.4, 0.5) is 0 Å². The van der Waals surface area contributed by atoms with Crippen molar-refractivity contribution in [2.24, 2.45) is 4.99 Å². The van der Waals surface area contributed by atoms with Crippen molar-refractivity contribution in [1.82, 2.24) is 25.4 Å². The molecule has 0 aliphatic carbocycles. The standard InChI is InChI=1S/C19H28N6O/c1-20-19(21-12-6-9-15-7-4-3-5-8-15)22-16-10-11-18-23-17(14-26-2)24-25(18)13-16/h3-5,7-8,16H,6,9-14H2,1-2H3,(H2,20,21,22). The van der Waals surface area contributed by atoms with Gasteiger partial charge in [0.15, 0.2) is 11.8 Å². The zero-order chi connectivity index (χ0) is 18.2. The van der Waals surface area contributed by atoms with Crippen molar-refractivity contribution in [1.29, 1.82) is 0 Å². The summed E-state index contributed by atoms with van der Waals surface area (Å²) in [5.41, 5.74) is 1.37. The van der Waals surface area contributed by atoms with E-state index < -0.39 is 0 Å². The van der Waals surface area contributed by atoms with Crippen molar-refractivity contribution >= 4 is 5.96 Å². The van der Waals surface area contributed by atoms with Gasteiger partial charge in [0.05, 0.1) is 6.54 Å². The second-order valence-corrected chi connectivity index (χ2v) is 6.53. The Bertz CT molecular complexity index is 712. The predicted molar refractivity (Wildman–Crippen MR) is 102 cm³/mol. The number of methoxy groups -OCH3 is 1. The molecule has 140 valence electrons. The van der Waals surface area contributed by atoms with Crippen LogP contribution in [0.5, 0.6) is 0 Å². The molecular weight excluding hydrogens is 328 g/mol. The van der Waals surface area contributed by atoms with E-state index in [2.05, 4.69) is 56.0 Å². The van der Waals surface area contributed by atoms with Gasteiger partial charge in [-0.1, -0.05) is 30.3 Å². The molecule has 0 fully saturated rings. The quantitative estimate of drug-likeness (QED) is 0.447. The first-order valence-electron chi connectivity index (χ1n) is 9.21. The minimum absolute atomic E-state index is 0.305. The van der Waals surface area contributed by atoms with Gasteiger partial charge in [-0.3, -0.25) is 4.99 Å². The number of fused-ring (bicyclic) bond motifs is 1. The number of benzene rings is 1. The molecule has 1 aliphatic heterocycles. The molecule has 2 aromatic rings. The SMILES string of the molecule is CN=C(NCCCc1ccccc1)NC1CCc2nc(COC)nn2C1. The predicted octanol–water partition coefficient (Wildman–Crippen LogP) is 1.54. The summed E-state index contributed by atoms with van der Waals surface area (Å²) in [4.78, 5) is 8.86. The molecule has 1 aromatic heterocycles. The highest BCUT2D eigenvalue weighted by atomic mass is 16.5. The van der Waals surface area contributed by atoms with Crippen LogP contribution in [0.3, 0.4) is 0 Å². The first kappa shape index (κ1) is 18.4. The van der Waals surface area contributed by atoms with Crippen molar-refractivity contribution in [2.45, 2.75) is 44.9 Å². The summed E-state index contributed by atoms with van der Waals surface area (Å²) in [5.74, 6) is 2.65. The third kappa shape index (κ3) is 5.05. The van der Waals surface area contributed by atoms with E-state index in [9.17, 15) is 0 Å². The highest BCUT2D eigenvalue weighted by Gasteiger charge is 2.22. The largest absolute Gasteiger partial charge is 0.377 e. The zero-order valence-electron chi connectivity index (χ0n) is 15.6. The third-order valence-electron chi connectivity index (χ3n) is 4.52. The monoisotopic (exact) mass is 356 g/mol. The van der Waals surface area contributed by atoms with E-state index in [0.717, 1.165) is 56.4 Å². The summed E-state index contributed by atoms with van der Waals surface area (Å²) in [5, 5.41) is 11.4. The van der Waals surface area contributed by atoms with Gasteiger partial charge >= 0.3 is 0 Å². The number of nitrogens with one attached hydrogen (secondary N) is 2. The first-order chi connectivity index (χ1) is 12.8. The fourth-order valence-corrected chi connectivity index (χ4v) is 3.20. The Hall–Kier alpha value is -2.41. The maximum absolute atomic E-state index is 5.12. The van der Waals surface area contributed by atoms with Crippen molar-refractivity contribution < 1.29 is 4.74 Å². The molecule has 0 spiro atoms. The van der Waals surface area contributed by atoms with Crippen LogP contribution < -0.4 is 10.6 Å². The summed E-state index contributed by atoms with van der Waals surface area (Å²) in [6, 6.07) is 10.9. The normalized spacial score (nSPS) is 17.0. The number of nitrogens with zero attached hydrogens (tertiary/aromatic N) is 4. The zero-order valence-corrected chi connectivity index (χ0v) is 15.6. The molecule has 7 heteroatoms. The smallest absolute Gasteiger partial charge is 0.191 e. The number of guanidine groups is 1. The fourth-order valence-electron chi connectivity index (χ4n) is 3.20. The highest BCUT2D eigenvalue weighted by molar-refractivity contribution is 5.79. The lowest BCUT2D eigenvalue weighted by molar-refractivity contribution is 0.177. The van der Waals surface area contributed by atoms with Crippen LogP contribution in [-0.4, -0.2) is 47.5 Å². The van der Waals surface area contributed by atoms with Crippen molar-refractivity contribution in [3.63, 3.8) is 0 Å². The molecule has 1 unspecified atom stereocenters. The van der Waals surface area contributed by atoms with E-state index in [0.29, 0.717) is 12.6 Å². The molecule has 7 nitrogen and oxygen atoms in total. The Kier molecular flexibility index (Phi) is 6.60. The van der Waals surface area contributed by atoms with Gasteiger partial charge in [-0.25, -0.2) is 9.67 Å². The molecule has 0 bridgehead atoms. The Labute approximate surface area is 154 Å². The highest BCUT2D eigenvalue weighted by Crippen LogP contribution is 2.13. The van der Waals surface area contributed by atoms with Gasteiger partial charge in [0.25, 0.3) is 0 Å². The van der Waals surface area contributed by atoms with Gasteiger partial charge in [-0.15, -0.1) is 0 Å². The molecule has 0 radical (unpaired) electrons. The first-order valence-corrected chi connectivity index (χ1v) is 9.21. The van der Waals surface area contributed by atoms with E-state index in [1.807, 2.05) is 11.7 Å². The number of aromatic nitrogens is 3. The summed E-state index contributed by atoms with van der Waals surface area (Å²) in [6.45, 7) is 2.16.